The Hall–Kier alpha value is -1.86. The Labute approximate surface area is 158 Å². The number of benzene rings is 1. The van der Waals surface area contributed by atoms with Crippen LogP contribution in [0.5, 0.6) is 0 Å². The monoisotopic (exact) mass is 374 g/mol. The zero-order valence-corrected chi connectivity index (χ0v) is 16.2. The number of piperidine rings is 1. The van der Waals surface area contributed by atoms with Gasteiger partial charge in [-0.05, 0) is 70.0 Å². The Bertz CT molecular complexity index is 709. The van der Waals surface area contributed by atoms with Gasteiger partial charge in [0.15, 0.2) is 5.82 Å². The highest BCUT2D eigenvalue weighted by Gasteiger charge is 2.23. The topological polar surface area (TPSA) is 71.3 Å². The highest BCUT2D eigenvalue weighted by Crippen LogP contribution is 2.24. The van der Waals surface area contributed by atoms with Gasteiger partial charge in [-0.25, -0.2) is 0 Å². The van der Waals surface area contributed by atoms with Crippen molar-refractivity contribution in [2.75, 3.05) is 26.7 Å². The summed E-state index contributed by atoms with van der Waals surface area (Å²) in [4.78, 5) is 20.0. The van der Waals surface area contributed by atoms with E-state index in [0.717, 1.165) is 48.9 Å². The third-order valence-corrected chi connectivity index (χ3v) is 5.73. The smallest absolute Gasteiger partial charge is 0.253 e. The molecule has 0 atom stereocenters. The minimum Gasteiger partial charge on any atom is -0.339 e. The third kappa shape index (κ3) is 5.08. The first kappa shape index (κ1) is 18.9. The van der Waals surface area contributed by atoms with Crippen LogP contribution < -0.4 is 5.32 Å². The Kier molecular flexibility index (Phi) is 6.68. The van der Waals surface area contributed by atoms with Crippen LogP contribution in [0.3, 0.4) is 0 Å². The number of likely N-dealkylation sites (tertiary alicyclic amines) is 1. The van der Waals surface area contributed by atoms with Gasteiger partial charge in [0.2, 0.25) is 5.89 Å². The van der Waals surface area contributed by atoms with Crippen LogP contribution in [-0.4, -0.2) is 47.6 Å². The molecule has 1 saturated heterocycles. The summed E-state index contributed by atoms with van der Waals surface area (Å²) < 4.78 is 5.11. The summed E-state index contributed by atoms with van der Waals surface area (Å²) in [6, 6.07) is 7.80. The Morgan fingerprint density at radius 1 is 1.31 bits per heavy atom. The molecule has 140 valence electrons. The van der Waals surface area contributed by atoms with Crippen molar-refractivity contribution in [2.24, 2.45) is 5.92 Å². The van der Waals surface area contributed by atoms with Gasteiger partial charge in [-0.15, -0.1) is 11.8 Å². The normalized spacial score (nSPS) is 15.4. The van der Waals surface area contributed by atoms with E-state index in [9.17, 15) is 4.79 Å². The molecule has 1 aromatic carbocycles. The number of rotatable bonds is 7. The van der Waals surface area contributed by atoms with E-state index in [4.69, 9.17) is 4.52 Å². The standard InChI is InChI=1S/C19H26N4O2S/c1-14-21-18(25-22-14)13-26-17-5-3-16(4-6-17)19(24)23-11-8-15(9-12-23)7-10-20-2/h3-6,15,20H,7-13H2,1-2H3. The van der Waals surface area contributed by atoms with Gasteiger partial charge < -0.3 is 14.7 Å². The fraction of sp³-hybridized carbons (Fsp3) is 0.526. The number of aromatic nitrogens is 2. The minimum absolute atomic E-state index is 0.140. The number of carbonyl (C=O) groups excluding carboxylic acids is 1. The lowest BCUT2D eigenvalue weighted by atomic mass is 9.93. The first-order valence-electron chi connectivity index (χ1n) is 9.11. The molecule has 1 fully saturated rings. The van der Waals surface area contributed by atoms with Gasteiger partial charge in [-0.1, -0.05) is 5.16 Å². The molecule has 0 bridgehead atoms. The van der Waals surface area contributed by atoms with E-state index in [-0.39, 0.29) is 5.91 Å². The molecule has 0 spiro atoms. The van der Waals surface area contributed by atoms with Gasteiger partial charge in [0.25, 0.3) is 5.91 Å². The van der Waals surface area contributed by atoms with Gasteiger partial charge in [0.05, 0.1) is 5.75 Å². The minimum atomic E-state index is 0.140. The van der Waals surface area contributed by atoms with E-state index in [0.29, 0.717) is 17.5 Å². The summed E-state index contributed by atoms with van der Waals surface area (Å²) in [6.45, 7) is 4.59. The van der Waals surface area contributed by atoms with Crippen molar-refractivity contribution < 1.29 is 9.32 Å². The van der Waals surface area contributed by atoms with Crippen LogP contribution in [0.15, 0.2) is 33.7 Å². The van der Waals surface area contributed by atoms with Crippen molar-refractivity contribution in [1.29, 1.82) is 0 Å². The maximum absolute atomic E-state index is 12.7. The Morgan fingerprint density at radius 3 is 2.65 bits per heavy atom. The van der Waals surface area contributed by atoms with Crippen LogP contribution in [0.2, 0.25) is 0 Å². The van der Waals surface area contributed by atoms with Gasteiger partial charge in [0.1, 0.15) is 0 Å². The molecule has 1 N–H and O–H groups in total. The second-order valence-corrected chi connectivity index (χ2v) is 7.72. The number of nitrogens with one attached hydrogen (secondary N) is 1. The molecule has 0 aliphatic carbocycles. The predicted molar refractivity (Wildman–Crippen MR) is 102 cm³/mol. The number of thioether (sulfide) groups is 1. The van der Waals surface area contributed by atoms with E-state index in [1.54, 1.807) is 11.8 Å². The van der Waals surface area contributed by atoms with Gasteiger partial charge in [-0.3, -0.25) is 4.79 Å². The molecular weight excluding hydrogens is 348 g/mol. The van der Waals surface area contributed by atoms with E-state index in [1.807, 2.05) is 43.1 Å². The molecule has 3 rings (SSSR count). The average Bonchev–Trinajstić information content (AvgIpc) is 3.10. The molecule has 0 radical (unpaired) electrons. The molecule has 6 nitrogen and oxygen atoms in total. The number of carbonyl (C=O) groups is 1. The molecule has 26 heavy (non-hydrogen) atoms. The zero-order valence-electron chi connectivity index (χ0n) is 15.4. The maximum atomic E-state index is 12.7. The third-order valence-electron chi connectivity index (χ3n) is 4.74. The van der Waals surface area contributed by atoms with E-state index in [1.165, 1.54) is 6.42 Å². The van der Waals surface area contributed by atoms with Crippen molar-refractivity contribution in [3.05, 3.63) is 41.5 Å². The lowest BCUT2D eigenvalue weighted by molar-refractivity contribution is 0.0687. The summed E-state index contributed by atoms with van der Waals surface area (Å²) >= 11 is 1.62. The molecule has 1 aliphatic heterocycles. The molecule has 0 unspecified atom stereocenters. The van der Waals surface area contributed by atoms with Gasteiger partial charge in [0, 0.05) is 23.5 Å². The molecule has 7 heteroatoms. The van der Waals surface area contributed by atoms with Crippen LogP contribution in [0.4, 0.5) is 0 Å². The summed E-state index contributed by atoms with van der Waals surface area (Å²) in [6.07, 6.45) is 3.40. The van der Waals surface area contributed by atoms with Crippen LogP contribution in [0, 0.1) is 12.8 Å². The van der Waals surface area contributed by atoms with Crippen molar-refractivity contribution in [3.63, 3.8) is 0 Å². The lowest BCUT2D eigenvalue weighted by Gasteiger charge is -2.32. The first-order valence-corrected chi connectivity index (χ1v) is 10.1. The summed E-state index contributed by atoms with van der Waals surface area (Å²) in [5, 5.41) is 6.99. The van der Waals surface area contributed by atoms with Crippen LogP contribution in [0.1, 0.15) is 41.3 Å². The van der Waals surface area contributed by atoms with E-state index in [2.05, 4.69) is 15.5 Å². The predicted octanol–water partition coefficient (Wildman–Crippen LogP) is 3.13. The van der Waals surface area contributed by atoms with Crippen LogP contribution >= 0.6 is 11.8 Å². The summed E-state index contributed by atoms with van der Waals surface area (Å²) in [7, 11) is 1.99. The van der Waals surface area contributed by atoms with Gasteiger partial charge in [-0.2, -0.15) is 4.98 Å². The van der Waals surface area contributed by atoms with E-state index >= 15 is 0 Å². The van der Waals surface area contributed by atoms with Crippen molar-refractivity contribution in [1.82, 2.24) is 20.4 Å². The fourth-order valence-electron chi connectivity index (χ4n) is 3.19. The molecule has 1 aliphatic rings. The Morgan fingerprint density at radius 2 is 2.04 bits per heavy atom. The molecule has 1 amide bonds. The quantitative estimate of drug-likeness (QED) is 0.751. The average molecular weight is 375 g/mol. The van der Waals surface area contributed by atoms with Gasteiger partial charge >= 0.3 is 0 Å². The number of nitrogens with zero attached hydrogens (tertiary/aromatic N) is 3. The maximum Gasteiger partial charge on any atom is 0.253 e. The van der Waals surface area contributed by atoms with E-state index < -0.39 is 0 Å². The SMILES string of the molecule is CNCCC1CCN(C(=O)c2ccc(SCc3nc(C)no3)cc2)CC1. The fourth-order valence-corrected chi connectivity index (χ4v) is 3.93. The first-order chi connectivity index (χ1) is 12.7. The lowest BCUT2D eigenvalue weighted by Crippen LogP contribution is -2.38. The second kappa shape index (κ2) is 9.19. The molecule has 0 saturated carbocycles. The van der Waals surface area contributed by atoms with Crippen LogP contribution in [-0.2, 0) is 5.75 Å². The van der Waals surface area contributed by atoms with Crippen molar-refractivity contribution in [2.45, 2.75) is 36.8 Å². The van der Waals surface area contributed by atoms with Crippen molar-refractivity contribution in [3.8, 4) is 0 Å². The number of hydrogen-bond donors (Lipinski definition) is 1. The Balaban J connectivity index is 1.49. The summed E-state index contributed by atoms with van der Waals surface area (Å²) in [5.41, 5.74) is 0.761. The zero-order chi connectivity index (χ0) is 18.4. The molecule has 2 heterocycles. The summed E-state index contributed by atoms with van der Waals surface area (Å²) in [5.74, 6) is 2.78. The van der Waals surface area contributed by atoms with Crippen LogP contribution in [0.25, 0.3) is 0 Å². The molecule has 2 aromatic rings. The highest BCUT2D eigenvalue weighted by atomic mass is 32.2. The van der Waals surface area contributed by atoms with Crippen molar-refractivity contribution >= 4 is 17.7 Å². The number of aryl methyl sites for hydroxylation is 1. The number of hydrogen-bond acceptors (Lipinski definition) is 6. The molecular formula is C19H26N4O2S. The molecule has 1 aromatic heterocycles. The number of amides is 1. The highest BCUT2D eigenvalue weighted by molar-refractivity contribution is 7.98. The second-order valence-electron chi connectivity index (χ2n) is 6.68. The largest absolute Gasteiger partial charge is 0.339 e.